The SMILES string of the molecule is CCOC(=O)[C@H]1N=CO[C@H]1c1ccoc1. The van der Waals surface area contributed by atoms with E-state index in [4.69, 9.17) is 13.9 Å². The summed E-state index contributed by atoms with van der Waals surface area (Å²) in [5.41, 5.74) is 0.783. The molecule has 0 saturated heterocycles. The third-order valence-corrected chi connectivity index (χ3v) is 2.12. The van der Waals surface area contributed by atoms with Crippen LogP contribution in [0.2, 0.25) is 0 Å². The number of nitrogens with zero attached hydrogens (tertiary/aromatic N) is 1. The predicted molar refractivity (Wildman–Crippen MR) is 51.4 cm³/mol. The van der Waals surface area contributed by atoms with E-state index in [1.54, 1.807) is 13.0 Å². The van der Waals surface area contributed by atoms with Gasteiger partial charge in [-0.05, 0) is 13.0 Å². The van der Waals surface area contributed by atoms with E-state index < -0.39 is 12.1 Å². The minimum Gasteiger partial charge on any atom is -0.473 e. The van der Waals surface area contributed by atoms with Gasteiger partial charge in [0.05, 0.1) is 19.1 Å². The van der Waals surface area contributed by atoms with Crippen molar-refractivity contribution in [2.75, 3.05) is 6.61 Å². The quantitative estimate of drug-likeness (QED) is 0.704. The molecule has 0 unspecified atom stereocenters. The highest BCUT2D eigenvalue weighted by atomic mass is 16.5. The molecule has 0 radical (unpaired) electrons. The molecular weight excluding hydrogens is 198 g/mol. The lowest BCUT2D eigenvalue weighted by atomic mass is 10.1. The molecule has 0 fully saturated rings. The topological polar surface area (TPSA) is 61.0 Å². The van der Waals surface area contributed by atoms with Gasteiger partial charge >= 0.3 is 5.97 Å². The van der Waals surface area contributed by atoms with Crippen LogP contribution >= 0.6 is 0 Å². The molecule has 0 spiro atoms. The molecule has 0 N–H and O–H groups in total. The highest BCUT2D eigenvalue weighted by Gasteiger charge is 2.35. The van der Waals surface area contributed by atoms with Crippen LogP contribution in [0, 0.1) is 0 Å². The summed E-state index contributed by atoms with van der Waals surface area (Å²) in [5.74, 6) is -0.377. The third-order valence-electron chi connectivity index (χ3n) is 2.12. The Bertz CT molecular complexity index is 358. The van der Waals surface area contributed by atoms with Crippen molar-refractivity contribution in [2.24, 2.45) is 4.99 Å². The molecule has 2 rings (SSSR count). The summed E-state index contributed by atoms with van der Waals surface area (Å²) in [4.78, 5) is 15.4. The molecule has 0 saturated carbocycles. The lowest BCUT2D eigenvalue weighted by Crippen LogP contribution is -2.26. The van der Waals surface area contributed by atoms with E-state index in [1.165, 1.54) is 18.9 Å². The highest BCUT2D eigenvalue weighted by molar-refractivity contribution is 5.80. The first-order valence-corrected chi connectivity index (χ1v) is 4.68. The van der Waals surface area contributed by atoms with E-state index in [0.29, 0.717) is 6.61 Å². The van der Waals surface area contributed by atoms with Crippen LogP contribution < -0.4 is 0 Å². The number of furan rings is 1. The van der Waals surface area contributed by atoms with Crippen molar-refractivity contribution < 1.29 is 18.7 Å². The second-order valence-corrected chi connectivity index (χ2v) is 3.06. The highest BCUT2D eigenvalue weighted by Crippen LogP contribution is 2.27. The van der Waals surface area contributed by atoms with Gasteiger partial charge in [-0.1, -0.05) is 0 Å². The average Bonchev–Trinajstić information content (AvgIpc) is 2.88. The minimum atomic E-state index is -0.623. The number of aliphatic imine (C=N–C) groups is 1. The number of carbonyl (C=O) groups excluding carboxylic acids is 1. The first-order valence-electron chi connectivity index (χ1n) is 4.68. The second kappa shape index (κ2) is 4.16. The van der Waals surface area contributed by atoms with E-state index >= 15 is 0 Å². The Morgan fingerprint density at radius 2 is 2.53 bits per heavy atom. The van der Waals surface area contributed by atoms with Gasteiger partial charge < -0.3 is 13.9 Å². The largest absolute Gasteiger partial charge is 0.473 e. The van der Waals surface area contributed by atoms with Gasteiger partial charge in [-0.25, -0.2) is 9.79 Å². The summed E-state index contributed by atoms with van der Waals surface area (Å²) < 4.78 is 15.0. The van der Waals surface area contributed by atoms with Crippen LogP contribution in [-0.2, 0) is 14.3 Å². The Morgan fingerprint density at radius 1 is 1.67 bits per heavy atom. The summed E-state index contributed by atoms with van der Waals surface area (Å²) in [6.07, 6.45) is 3.91. The molecule has 2 atom stereocenters. The molecule has 1 aromatic heterocycles. The molecular formula is C10H11NO4. The summed E-state index contributed by atoms with van der Waals surface area (Å²) in [6, 6.07) is 1.12. The Kier molecular flexibility index (Phi) is 2.71. The molecule has 1 aliphatic rings. The van der Waals surface area contributed by atoms with Gasteiger partial charge in [0.1, 0.15) is 0 Å². The molecule has 2 heterocycles. The Labute approximate surface area is 86.7 Å². The molecule has 5 nitrogen and oxygen atoms in total. The molecule has 0 amide bonds. The van der Waals surface area contributed by atoms with Crippen molar-refractivity contribution in [1.29, 1.82) is 0 Å². The summed E-state index contributed by atoms with van der Waals surface area (Å²) in [6.45, 7) is 2.09. The van der Waals surface area contributed by atoms with E-state index in [9.17, 15) is 4.79 Å². The van der Waals surface area contributed by atoms with Crippen molar-refractivity contribution in [3.63, 3.8) is 0 Å². The molecule has 1 aromatic rings. The first-order chi connectivity index (χ1) is 7.33. The van der Waals surface area contributed by atoms with Crippen LogP contribution in [0.15, 0.2) is 28.0 Å². The van der Waals surface area contributed by atoms with Crippen molar-refractivity contribution in [2.45, 2.75) is 19.1 Å². The standard InChI is InChI=1S/C10H11NO4/c1-2-14-10(12)8-9(15-6-11-8)7-3-4-13-5-7/h3-6,8-9H,2H2,1H3/t8-,9-/m0/s1. The zero-order chi connectivity index (χ0) is 10.7. The lowest BCUT2D eigenvalue weighted by Gasteiger charge is -2.13. The maximum absolute atomic E-state index is 11.5. The number of hydrogen-bond donors (Lipinski definition) is 0. The van der Waals surface area contributed by atoms with E-state index in [-0.39, 0.29) is 5.97 Å². The number of carbonyl (C=O) groups is 1. The fourth-order valence-corrected chi connectivity index (χ4v) is 1.43. The van der Waals surface area contributed by atoms with Crippen molar-refractivity contribution in [1.82, 2.24) is 0 Å². The first kappa shape index (κ1) is 9.76. The average molecular weight is 209 g/mol. The molecule has 0 bridgehead atoms. The van der Waals surface area contributed by atoms with Crippen LogP contribution in [0.1, 0.15) is 18.6 Å². The number of rotatable bonds is 3. The van der Waals surface area contributed by atoms with Gasteiger partial charge in [0, 0.05) is 5.56 Å². The van der Waals surface area contributed by atoms with Gasteiger partial charge in [0.25, 0.3) is 0 Å². The van der Waals surface area contributed by atoms with E-state index in [1.807, 2.05) is 0 Å². The summed E-state index contributed by atoms with van der Waals surface area (Å²) in [5, 5.41) is 0. The van der Waals surface area contributed by atoms with Crippen LogP contribution in [0.5, 0.6) is 0 Å². The fourth-order valence-electron chi connectivity index (χ4n) is 1.43. The monoisotopic (exact) mass is 209 g/mol. The number of ether oxygens (including phenoxy) is 2. The van der Waals surface area contributed by atoms with E-state index in [2.05, 4.69) is 4.99 Å². The van der Waals surface area contributed by atoms with E-state index in [0.717, 1.165) is 5.56 Å². The third kappa shape index (κ3) is 1.86. The van der Waals surface area contributed by atoms with Crippen molar-refractivity contribution in [3.8, 4) is 0 Å². The smallest absolute Gasteiger partial charge is 0.335 e. The van der Waals surface area contributed by atoms with Crippen LogP contribution in [0.25, 0.3) is 0 Å². The fraction of sp³-hybridized carbons (Fsp3) is 0.400. The minimum absolute atomic E-state index is 0.336. The molecule has 0 aliphatic carbocycles. The molecule has 1 aliphatic heterocycles. The number of esters is 1. The van der Waals surface area contributed by atoms with Crippen LogP contribution in [0.4, 0.5) is 0 Å². The zero-order valence-corrected chi connectivity index (χ0v) is 8.25. The van der Waals surface area contributed by atoms with Crippen LogP contribution in [-0.4, -0.2) is 25.0 Å². The molecule has 15 heavy (non-hydrogen) atoms. The number of hydrogen-bond acceptors (Lipinski definition) is 5. The molecule has 80 valence electrons. The van der Waals surface area contributed by atoms with Crippen LogP contribution in [0.3, 0.4) is 0 Å². The zero-order valence-electron chi connectivity index (χ0n) is 8.25. The maximum Gasteiger partial charge on any atom is 0.335 e. The Hall–Kier alpha value is -1.78. The van der Waals surface area contributed by atoms with Gasteiger partial charge in [0.2, 0.25) is 0 Å². The van der Waals surface area contributed by atoms with Crippen molar-refractivity contribution >= 4 is 12.4 Å². The predicted octanol–water partition coefficient (Wildman–Crippen LogP) is 1.31. The van der Waals surface area contributed by atoms with Gasteiger partial charge in [-0.2, -0.15) is 0 Å². The normalized spacial score (nSPS) is 23.8. The summed E-state index contributed by atoms with van der Waals surface area (Å²) in [7, 11) is 0. The van der Waals surface area contributed by atoms with Gasteiger partial charge in [-0.3, -0.25) is 0 Å². The van der Waals surface area contributed by atoms with Crippen molar-refractivity contribution in [3.05, 3.63) is 24.2 Å². The van der Waals surface area contributed by atoms with Gasteiger partial charge in [0.15, 0.2) is 18.5 Å². The second-order valence-electron chi connectivity index (χ2n) is 3.06. The van der Waals surface area contributed by atoms with Gasteiger partial charge in [-0.15, -0.1) is 0 Å². The Morgan fingerprint density at radius 3 is 3.20 bits per heavy atom. The summed E-state index contributed by atoms with van der Waals surface area (Å²) >= 11 is 0. The molecule has 5 heteroatoms. The lowest BCUT2D eigenvalue weighted by molar-refractivity contribution is -0.146. The Balaban J connectivity index is 2.11. The maximum atomic E-state index is 11.5. The molecule has 0 aromatic carbocycles.